The van der Waals surface area contributed by atoms with Gasteiger partial charge in [0.15, 0.2) is 0 Å². The summed E-state index contributed by atoms with van der Waals surface area (Å²) in [6.45, 7) is 9.02. The van der Waals surface area contributed by atoms with Gasteiger partial charge < -0.3 is 10.6 Å². The largest absolute Gasteiger partial charge is 0.313 e. The van der Waals surface area contributed by atoms with E-state index >= 15 is 0 Å². The predicted octanol–water partition coefficient (Wildman–Crippen LogP) is 2.09. The Labute approximate surface area is 103 Å². The Kier molecular flexibility index (Phi) is 5.51. The molecule has 2 N–H and O–H groups in total. The molecule has 1 heterocycles. The topological polar surface area (TPSA) is 37.0 Å². The van der Waals surface area contributed by atoms with E-state index in [9.17, 15) is 4.39 Å². The van der Waals surface area contributed by atoms with E-state index < -0.39 is 0 Å². The van der Waals surface area contributed by atoms with E-state index in [-0.39, 0.29) is 11.4 Å². The Balaban J connectivity index is 2.09. The van der Waals surface area contributed by atoms with Crippen LogP contribution in [0.5, 0.6) is 0 Å². The SMILES string of the molecule is CC(C)(C)NCCCNCc1cncc(F)c1. The van der Waals surface area contributed by atoms with Crippen LogP contribution in [-0.2, 0) is 6.54 Å². The summed E-state index contributed by atoms with van der Waals surface area (Å²) in [7, 11) is 0. The van der Waals surface area contributed by atoms with Gasteiger partial charge in [0.05, 0.1) is 6.20 Å². The molecule has 0 aliphatic heterocycles. The van der Waals surface area contributed by atoms with Crippen LogP contribution in [0.4, 0.5) is 4.39 Å². The molecule has 0 radical (unpaired) electrons. The van der Waals surface area contributed by atoms with Crippen molar-refractivity contribution in [1.82, 2.24) is 15.6 Å². The Morgan fingerprint density at radius 3 is 2.65 bits per heavy atom. The Morgan fingerprint density at radius 1 is 1.24 bits per heavy atom. The first-order chi connectivity index (χ1) is 7.97. The van der Waals surface area contributed by atoms with Crippen LogP contribution >= 0.6 is 0 Å². The molecule has 1 rings (SSSR count). The van der Waals surface area contributed by atoms with E-state index in [1.54, 1.807) is 6.20 Å². The van der Waals surface area contributed by atoms with Gasteiger partial charge in [-0.1, -0.05) is 0 Å². The van der Waals surface area contributed by atoms with E-state index in [4.69, 9.17) is 0 Å². The molecule has 0 aliphatic carbocycles. The average molecular weight is 239 g/mol. The fourth-order valence-corrected chi connectivity index (χ4v) is 1.46. The molecule has 0 saturated carbocycles. The first-order valence-electron chi connectivity index (χ1n) is 6.02. The van der Waals surface area contributed by atoms with Crippen molar-refractivity contribution < 1.29 is 4.39 Å². The summed E-state index contributed by atoms with van der Waals surface area (Å²) in [6.07, 6.45) is 3.96. The summed E-state index contributed by atoms with van der Waals surface area (Å²) in [5, 5.41) is 6.69. The van der Waals surface area contributed by atoms with Crippen molar-refractivity contribution in [2.75, 3.05) is 13.1 Å². The highest BCUT2D eigenvalue weighted by atomic mass is 19.1. The maximum Gasteiger partial charge on any atom is 0.141 e. The van der Waals surface area contributed by atoms with Gasteiger partial charge in [0, 0.05) is 18.3 Å². The highest BCUT2D eigenvalue weighted by Crippen LogP contribution is 2.00. The quantitative estimate of drug-likeness (QED) is 0.746. The average Bonchev–Trinajstić information content (AvgIpc) is 2.22. The van der Waals surface area contributed by atoms with Crippen LogP contribution in [0.15, 0.2) is 18.5 Å². The standard InChI is InChI=1S/C13H22FN3/c1-13(2,3)17-6-4-5-15-8-11-7-12(14)10-16-9-11/h7,9-10,15,17H,4-6,8H2,1-3H3. The van der Waals surface area contributed by atoms with Gasteiger partial charge in [0.2, 0.25) is 0 Å². The smallest absolute Gasteiger partial charge is 0.141 e. The maximum atomic E-state index is 12.8. The molecule has 0 saturated heterocycles. The van der Waals surface area contributed by atoms with Crippen LogP contribution < -0.4 is 10.6 Å². The number of rotatable bonds is 6. The molecule has 96 valence electrons. The minimum absolute atomic E-state index is 0.173. The molecule has 0 aliphatic rings. The fraction of sp³-hybridized carbons (Fsp3) is 0.615. The second-order valence-electron chi connectivity index (χ2n) is 5.22. The third-order valence-corrected chi connectivity index (χ3v) is 2.28. The Hall–Kier alpha value is -1.00. The van der Waals surface area contributed by atoms with Crippen molar-refractivity contribution >= 4 is 0 Å². The Bertz CT molecular complexity index is 334. The summed E-state index contributed by atoms with van der Waals surface area (Å²) >= 11 is 0. The van der Waals surface area contributed by atoms with Gasteiger partial charge in [-0.3, -0.25) is 4.98 Å². The molecule has 0 spiro atoms. The van der Waals surface area contributed by atoms with Gasteiger partial charge in [-0.15, -0.1) is 0 Å². The zero-order valence-corrected chi connectivity index (χ0v) is 10.9. The number of hydrogen-bond acceptors (Lipinski definition) is 3. The lowest BCUT2D eigenvalue weighted by Crippen LogP contribution is -2.37. The first kappa shape index (κ1) is 14.1. The zero-order valence-electron chi connectivity index (χ0n) is 10.9. The third kappa shape index (κ3) is 7.02. The highest BCUT2D eigenvalue weighted by molar-refractivity contribution is 5.09. The van der Waals surface area contributed by atoms with Crippen LogP contribution in [0.25, 0.3) is 0 Å². The number of nitrogens with one attached hydrogen (secondary N) is 2. The lowest BCUT2D eigenvalue weighted by atomic mass is 10.1. The van der Waals surface area contributed by atoms with Crippen molar-refractivity contribution in [3.63, 3.8) is 0 Å². The van der Waals surface area contributed by atoms with Crippen molar-refractivity contribution in [1.29, 1.82) is 0 Å². The monoisotopic (exact) mass is 239 g/mol. The molecule has 0 unspecified atom stereocenters. The van der Waals surface area contributed by atoms with Crippen LogP contribution in [0.1, 0.15) is 32.8 Å². The molecule has 1 aromatic rings. The summed E-state index contributed by atoms with van der Waals surface area (Å²) in [5.41, 5.74) is 1.06. The van der Waals surface area contributed by atoms with Crippen LogP contribution in [0, 0.1) is 5.82 Å². The van der Waals surface area contributed by atoms with Gasteiger partial charge in [0.25, 0.3) is 0 Å². The van der Waals surface area contributed by atoms with Crippen LogP contribution in [-0.4, -0.2) is 23.6 Å². The second-order valence-corrected chi connectivity index (χ2v) is 5.22. The highest BCUT2D eigenvalue weighted by Gasteiger charge is 2.06. The molecule has 0 aromatic carbocycles. The van der Waals surface area contributed by atoms with Gasteiger partial charge in [-0.2, -0.15) is 0 Å². The predicted molar refractivity (Wildman–Crippen MR) is 68.3 cm³/mol. The molecule has 0 atom stereocenters. The first-order valence-corrected chi connectivity index (χ1v) is 6.02. The van der Waals surface area contributed by atoms with Gasteiger partial charge in [-0.05, 0) is 51.9 Å². The Morgan fingerprint density at radius 2 is 2.00 bits per heavy atom. The zero-order chi connectivity index (χ0) is 12.7. The van der Waals surface area contributed by atoms with Crippen LogP contribution in [0.3, 0.4) is 0 Å². The van der Waals surface area contributed by atoms with E-state index in [1.807, 2.05) is 0 Å². The number of aromatic nitrogens is 1. The molecule has 4 heteroatoms. The molecule has 0 amide bonds. The summed E-state index contributed by atoms with van der Waals surface area (Å²) in [4.78, 5) is 3.80. The van der Waals surface area contributed by atoms with Gasteiger partial charge in [0.1, 0.15) is 5.82 Å². The molecule has 0 bridgehead atoms. The van der Waals surface area contributed by atoms with Gasteiger partial charge in [-0.25, -0.2) is 4.39 Å². The number of halogens is 1. The number of nitrogens with zero attached hydrogens (tertiary/aromatic N) is 1. The normalized spacial score (nSPS) is 11.8. The lowest BCUT2D eigenvalue weighted by molar-refractivity contribution is 0.418. The maximum absolute atomic E-state index is 12.8. The number of pyridine rings is 1. The van der Waals surface area contributed by atoms with E-state index in [0.717, 1.165) is 25.1 Å². The minimum Gasteiger partial charge on any atom is -0.313 e. The molecular formula is C13H22FN3. The molecule has 1 aromatic heterocycles. The molecule has 3 nitrogen and oxygen atoms in total. The molecule has 0 fully saturated rings. The number of hydrogen-bond donors (Lipinski definition) is 2. The third-order valence-electron chi connectivity index (χ3n) is 2.28. The molecule has 17 heavy (non-hydrogen) atoms. The summed E-state index contributed by atoms with van der Waals surface area (Å²) < 4.78 is 12.8. The van der Waals surface area contributed by atoms with E-state index in [1.165, 1.54) is 12.3 Å². The van der Waals surface area contributed by atoms with Crippen LogP contribution in [0.2, 0.25) is 0 Å². The lowest BCUT2D eigenvalue weighted by Gasteiger charge is -2.20. The van der Waals surface area contributed by atoms with Crippen molar-refractivity contribution in [3.8, 4) is 0 Å². The minimum atomic E-state index is -0.279. The second kappa shape index (κ2) is 6.67. The van der Waals surface area contributed by atoms with E-state index in [0.29, 0.717) is 6.54 Å². The van der Waals surface area contributed by atoms with Gasteiger partial charge >= 0.3 is 0 Å². The van der Waals surface area contributed by atoms with Crippen molar-refractivity contribution in [2.24, 2.45) is 0 Å². The summed E-state index contributed by atoms with van der Waals surface area (Å²) in [6, 6.07) is 1.51. The molecular weight excluding hydrogens is 217 g/mol. The van der Waals surface area contributed by atoms with Crippen molar-refractivity contribution in [3.05, 3.63) is 29.8 Å². The van der Waals surface area contributed by atoms with Crippen molar-refractivity contribution in [2.45, 2.75) is 39.3 Å². The summed E-state index contributed by atoms with van der Waals surface area (Å²) in [5.74, 6) is -0.279. The fourth-order valence-electron chi connectivity index (χ4n) is 1.46. The van der Waals surface area contributed by atoms with E-state index in [2.05, 4.69) is 36.4 Å².